The fraction of sp³-hybridized carbons (Fsp3) is 0.200. The number of aromatic nitrogens is 1. The third-order valence-electron chi connectivity index (χ3n) is 4.45. The lowest BCUT2D eigenvalue weighted by Gasteiger charge is -2.30. The number of rotatable bonds is 2. The Kier molecular flexibility index (Phi) is 4.28. The molecule has 0 radical (unpaired) electrons. The lowest BCUT2D eigenvalue weighted by Crippen LogP contribution is -2.36. The lowest BCUT2D eigenvalue weighted by molar-refractivity contribution is 0.0984. The van der Waals surface area contributed by atoms with Gasteiger partial charge in [-0.2, -0.15) is 0 Å². The maximum atomic E-state index is 14.3. The second kappa shape index (κ2) is 6.61. The maximum Gasteiger partial charge on any atom is 0.258 e. The van der Waals surface area contributed by atoms with E-state index in [1.54, 1.807) is 23.5 Å². The van der Waals surface area contributed by atoms with Gasteiger partial charge in [-0.05, 0) is 43.5 Å². The molecule has 0 spiro atoms. The van der Waals surface area contributed by atoms with Gasteiger partial charge in [0.2, 0.25) is 0 Å². The highest BCUT2D eigenvalue weighted by molar-refractivity contribution is 7.13. The number of benzene rings is 2. The van der Waals surface area contributed by atoms with E-state index in [-0.39, 0.29) is 11.6 Å². The maximum absolute atomic E-state index is 14.3. The number of amides is 1. The largest absolute Gasteiger partial charge is 0.305 e. The monoisotopic (exact) mass is 370 g/mol. The van der Waals surface area contributed by atoms with Crippen LogP contribution in [0.3, 0.4) is 0 Å². The Labute approximate surface area is 153 Å². The smallest absolute Gasteiger partial charge is 0.258 e. The zero-order valence-corrected chi connectivity index (χ0v) is 14.9. The minimum Gasteiger partial charge on any atom is -0.305 e. The van der Waals surface area contributed by atoms with Crippen LogP contribution in [0.15, 0.2) is 41.8 Å². The Morgan fingerprint density at radius 3 is 2.65 bits per heavy atom. The molecule has 0 unspecified atom stereocenters. The number of carbonyl (C=O) groups is 1. The van der Waals surface area contributed by atoms with Gasteiger partial charge in [-0.1, -0.05) is 12.1 Å². The highest BCUT2D eigenvalue weighted by atomic mass is 32.1. The Morgan fingerprint density at radius 1 is 1.19 bits per heavy atom. The van der Waals surface area contributed by atoms with Crippen LogP contribution in [0.4, 0.5) is 14.5 Å². The van der Waals surface area contributed by atoms with Gasteiger partial charge in [0.15, 0.2) is 0 Å². The molecular weight excluding hydrogens is 354 g/mol. The zero-order chi connectivity index (χ0) is 18.3. The molecule has 132 valence electrons. The summed E-state index contributed by atoms with van der Waals surface area (Å²) in [5, 5.41) is 2.87. The summed E-state index contributed by atoms with van der Waals surface area (Å²) in [7, 11) is 0. The number of anilines is 1. The number of thiazole rings is 1. The standard InChI is InChI=1S/C20H16F2N2OS/c1-12-11-26-19(23-12)13-4-6-14(7-5-13)20(25)24-8-2-3-15-9-16(21)10-17(22)18(15)24/h4-7,9-11H,2-3,8H2,1H3. The van der Waals surface area contributed by atoms with Crippen LogP contribution in [0.5, 0.6) is 0 Å². The molecule has 0 bridgehead atoms. The number of fused-ring (bicyclic) bond motifs is 1. The fourth-order valence-electron chi connectivity index (χ4n) is 3.25. The molecular formula is C20H16F2N2OS. The summed E-state index contributed by atoms with van der Waals surface area (Å²) in [6.45, 7) is 2.35. The van der Waals surface area contributed by atoms with Gasteiger partial charge in [0, 0.05) is 34.8 Å². The minimum absolute atomic E-state index is 0.197. The Bertz CT molecular complexity index is 982. The predicted octanol–water partition coefficient (Wildman–Crippen LogP) is 4.99. The number of nitrogens with zero attached hydrogens (tertiary/aromatic N) is 2. The third kappa shape index (κ3) is 3.01. The first-order valence-corrected chi connectivity index (χ1v) is 9.23. The Hall–Kier alpha value is -2.60. The average Bonchev–Trinajstić information content (AvgIpc) is 3.07. The summed E-state index contributed by atoms with van der Waals surface area (Å²) in [5.74, 6) is -1.58. The molecule has 1 amide bonds. The summed E-state index contributed by atoms with van der Waals surface area (Å²) in [6, 6.07) is 9.28. The number of halogens is 2. The second-order valence-corrected chi connectivity index (χ2v) is 7.19. The molecule has 4 rings (SSSR count). The summed E-state index contributed by atoms with van der Waals surface area (Å²) >= 11 is 1.55. The first-order chi connectivity index (χ1) is 12.5. The van der Waals surface area contributed by atoms with Gasteiger partial charge in [-0.3, -0.25) is 4.79 Å². The first kappa shape index (κ1) is 16.8. The quantitative estimate of drug-likeness (QED) is 0.637. The lowest BCUT2D eigenvalue weighted by atomic mass is 10.00. The Morgan fingerprint density at radius 2 is 1.96 bits per heavy atom. The van der Waals surface area contributed by atoms with E-state index in [0.29, 0.717) is 30.5 Å². The molecule has 0 saturated carbocycles. The normalized spacial score (nSPS) is 13.6. The Balaban J connectivity index is 1.65. The van der Waals surface area contributed by atoms with E-state index < -0.39 is 11.6 Å². The molecule has 26 heavy (non-hydrogen) atoms. The van der Waals surface area contributed by atoms with Crippen molar-refractivity contribution in [3.05, 3.63) is 70.2 Å². The molecule has 2 aromatic carbocycles. The van der Waals surface area contributed by atoms with Gasteiger partial charge >= 0.3 is 0 Å². The molecule has 0 fully saturated rings. The van der Waals surface area contributed by atoms with Crippen molar-refractivity contribution in [2.45, 2.75) is 19.8 Å². The van der Waals surface area contributed by atoms with E-state index in [1.807, 2.05) is 24.4 Å². The van der Waals surface area contributed by atoms with Crippen molar-refractivity contribution in [3.8, 4) is 10.6 Å². The molecule has 0 N–H and O–H groups in total. The van der Waals surface area contributed by atoms with Crippen LogP contribution >= 0.6 is 11.3 Å². The van der Waals surface area contributed by atoms with Crippen molar-refractivity contribution >= 4 is 22.9 Å². The van der Waals surface area contributed by atoms with Crippen molar-refractivity contribution in [2.24, 2.45) is 0 Å². The van der Waals surface area contributed by atoms with Gasteiger partial charge < -0.3 is 4.90 Å². The van der Waals surface area contributed by atoms with Gasteiger partial charge in [-0.25, -0.2) is 13.8 Å². The molecule has 6 heteroatoms. The van der Waals surface area contributed by atoms with Crippen LogP contribution < -0.4 is 4.90 Å². The summed E-state index contributed by atoms with van der Waals surface area (Å²) < 4.78 is 27.8. The molecule has 0 saturated heterocycles. The van der Waals surface area contributed by atoms with Crippen LogP contribution in [0.1, 0.15) is 28.0 Å². The van der Waals surface area contributed by atoms with Crippen LogP contribution in [0, 0.1) is 18.6 Å². The van der Waals surface area contributed by atoms with Crippen LogP contribution in [0.25, 0.3) is 10.6 Å². The minimum atomic E-state index is -0.692. The van der Waals surface area contributed by atoms with Crippen LogP contribution in [-0.2, 0) is 6.42 Å². The van der Waals surface area contributed by atoms with Crippen LogP contribution in [-0.4, -0.2) is 17.4 Å². The highest BCUT2D eigenvalue weighted by Gasteiger charge is 2.27. The third-order valence-corrected chi connectivity index (χ3v) is 5.46. The van der Waals surface area contributed by atoms with Crippen molar-refractivity contribution < 1.29 is 13.6 Å². The van der Waals surface area contributed by atoms with Gasteiger partial charge in [0.25, 0.3) is 5.91 Å². The zero-order valence-electron chi connectivity index (χ0n) is 14.1. The van der Waals surface area contributed by atoms with Gasteiger partial charge in [0.1, 0.15) is 16.6 Å². The molecule has 0 atom stereocenters. The SMILES string of the molecule is Cc1csc(-c2ccc(C(=O)N3CCCc4cc(F)cc(F)c43)cc2)n1. The van der Waals surface area contributed by atoms with Gasteiger partial charge in [0.05, 0.1) is 5.69 Å². The molecule has 2 heterocycles. The number of carbonyl (C=O) groups excluding carboxylic acids is 1. The predicted molar refractivity (Wildman–Crippen MR) is 98.6 cm³/mol. The number of hydrogen-bond acceptors (Lipinski definition) is 3. The highest BCUT2D eigenvalue weighted by Crippen LogP contribution is 2.32. The van der Waals surface area contributed by atoms with E-state index in [0.717, 1.165) is 22.3 Å². The number of aryl methyl sites for hydroxylation is 2. The van der Waals surface area contributed by atoms with Crippen molar-refractivity contribution in [2.75, 3.05) is 11.4 Å². The molecule has 1 aliphatic rings. The molecule has 1 aliphatic heterocycles. The molecule has 3 nitrogen and oxygen atoms in total. The van der Waals surface area contributed by atoms with E-state index in [9.17, 15) is 13.6 Å². The van der Waals surface area contributed by atoms with Crippen molar-refractivity contribution in [3.63, 3.8) is 0 Å². The number of hydrogen-bond donors (Lipinski definition) is 0. The summed E-state index contributed by atoms with van der Waals surface area (Å²) in [5.41, 5.74) is 3.10. The van der Waals surface area contributed by atoms with Gasteiger partial charge in [-0.15, -0.1) is 11.3 Å². The molecule has 3 aromatic rings. The topological polar surface area (TPSA) is 33.2 Å². The van der Waals surface area contributed by atoms with E-state index >= 15 is 0 Å². The fourth-order valence-corrected chi connectivity index (χ4v) is 4.06. The average molecular weight is 370 g/mol. The van der Waals surface area contributed by atoms with E-state index in [1.165, 1.54) is 11.0 Å². The molecule has 1 aromatic heterocycles. The van der Waals surface area contributed by atoms with E-state index in [4.69, 9.17) is 0 Å². The molecule has 0 aliphatic carbocycles. The van der Waals surface area contributed by atoms with Crippen molar-refractivity contribution in [1.82, 2.24) is 4.98 Å². The van der Waals surface area contributed by atoms with E-state index in [2.05, 4.69) is 4.98 Å². The van der Waals surface area contributed by atoms with Crippen molar-refractivity contribution in [1.29, 1.82) is 0 Å². The second-order valence-electron chi connectivity index (χ2n) is 6.33. The summed E-state index contributed by atoms with van der Waals surface area (Å²) in [4.78, 5) is 18.7. The summed E-state index contributed by atoms with van der Waals surface area (Å²) in [6.07, 6.45) is 1.24. The van der Waals surface area contributed by atoms with Crippen LogP contribution in [0.2, 0.25) is 0 Å². The first-order valence-electron chi connectivity index (χ1n) is 8.35.